The Hall–Kier alpha value is -1.45. The van der Waals surface area contributed by atoms with Crippen molar-refractivity contribution in [1.82, 2.24) is 4.98 Å². The van der Waals surface area contributed by atoms with Gasteiger partial charge in [-0.15, -0.1) is 0 Å². The van der Waals surface area contributed by atoms with Crippen LogP contribution in [-0.2, 0) is 6.42 Å². The first-order valence-corrected chi connectivity index (χ1v) is 3.72. The molecule has 1 aromatic heterocycles. The zero-order valence-electron chi connectivity index (χ0n) is 6.80. The summed E-state index contributed by atoms with van der Waals surface area (Å²) in [4.78, 5) is 13.8. The Bertz CT molecular complexity index is 261. The minimum Gasteiger partial charge on any atom is -0.265 e. The summed E-state index contributed by atoms with van der Waals surface area (Å²) in [7, 11) is 0. The van der Waals surface area contributed by atoms with Gasteiger partial charge in [-0.05, 0) is 17.7 Å². The van der Waals surface area contributed by atoms with E-state index in [1.165, 1.54) is 0 Å². The van der Waals surface area contributed by atoms with Gasteiger partial charge in [0.25, 0.3) is 0 Å². The minimum absolute atomic E-state index is 0.277. The lowest BCUT2D eigenvalue weighted by Gasteiger charge is -2.02. The molecule has 12 heavy (non-hydrogen) atoms. The Balaban J connectivity index is 2.58. The number of hydrogen-bond acceptors (Lipinski definition) is 3. The van der Waals surface area contributed by atoms with Gasteiger partial charge < -0.3 is 0 Å². The maximum atomic E-state index is 10.3. The van der Waals surface area contributed by atoms with Crippen LogP contribution in [0, 0.1) is 10.1 Å². The maximum Gasteiger partial charge on any atom is 0.214 e. The van der Waals surface area contributed by atoms with Crippen molar-refractivity contribution in [3.05, 3.63) is 40.2 Å². The first-order chi connectivity index (χ1) is 5.70. The van der Waals surface area contributed by atoms with Gasteiger partial charge >= 0.3 is 0 Å². The Kier molecular flexibility index (Phi) is 2.74. The summed E-state index contributed by atoms with van der Waals surface area (Å²) < 4.78 is 0. The van der Waals surface area contributed by atoms with Gasteiger partial charge in [0.15, 0.2) is 0 Å². The minimum atomic E-state index is -0.521. The van der Waals surface area contributed by atoms with Gasteiger partial charge in [0.05, 0.1) is 0 Å². The summed E-state index contributed by atoms with van der Waals surface area (Å²) in [5.74, 6) is 0. The topological polar surface area (TPSA) is 56.0 Å². The molecule has 1 aromatic rings. The van der Waals surface area contributed by atoms with E-state index in [1.807, 2.05) is 0 Å². The molecule has 64 valence electrons. The monoisotopic (exact) mass is 166 g/mol. The molecule has 0 bridgehead atoms. The zero-order chi connectivity index (χ0) is 8.97. The summed E-state index contributed by atoms with van der Waals surface area (Å²) in [5.41, 5.74) is 0.953. The van der Waals surface area contributed by atoms with E-state index >= 15 is 0 Å². The molecule has 1 atom stereocenters. The van der Waals surface area contributed by atoms with Crippen molar-refractivity contribution in [3.63, 3.8) is 0 Å². The van der Waals surface area contributed by atoms with E-state index in [4.69, 9.17) is 0 Å². The lowest BCUT2D eigenvalue weighted by Crippen LogP contribution is -2.17. The lowest BCUT2D eigenvalue weighted by molar-refractivity contribution is -0.517. The Morgan fingerprint density at radius 2 is 2.17 bits per heavy atom. The van der Waals surface area contributed by atoms with E-state index in [0.717, 1.165) is 5.56 Å². The molecule has 1 heterocycles. The Labute approximate surface area is 70.4 Å². The molecule has 0 aromatic carbocycles. The van der Waals surface area contributed by atoms with Crippen molar-refractivity contribution in [3.8, 4) is 0 Å². The third kappa shape index (κ3) is 2.30. The zero-order valence-corrected chi connectivity index (χ0v) is 6.80. The van der Waals surface area contributed by atoms with Crippen molar-refractivity contribution >= 4 is 0 Å². The molecule has 0 fully saturated rings. The fraction of sp³-hybridized carbons (Fsp3) is 0.375. The van der Waals surface area contributed by atoms with Gasteiger partial charge in [0.1, 0.15) is 0 Å². The summed E-state index contributed by atoms with van der Waals surface area (Å²) >= 11 is 0. The summed E-state index contributed by atoms with van der Waals surface area (Å²) in [6.07, 6.45) is 3.75. The largest absolute Gasteiger partial charge is 0.265 e. The fourth-order valence-electron chi connectivity index (χ4n) is 0.935. The second-order valence-electron chi connectivity index (χ2n) is 2.69. The second-order valence-corrected chi connectivity index (χ2v) is 2.69. The highest BCUT2D eigenvalue weighted by atomic mass is 16.6. The highest BCUT2D eigenvalue weighted by Gasteiger charge is 2.12. The molecular weight excluding hydrogens is 156 g/mol. The molecule has 0 spiro atoms. The Morgan fingerprint density at radius 3 is 2.67 bits per heavy atom. The van der Waals surface area contributed by atoms with Crippen molar-refractivity contribution in [2.75, 3.05) is 0 Å². The van der Waals surface area contributed by atoms with Crippen molar-refractivity contribution in [2.24, 2.45) is 0 Å². The number of aromatic nitrogens is 1. The predicted molar refractivity (Wildman–Crippen MR) is 44.4 cm³/mol. The molecule has 0 N–H and O–H groups in total. The highest BCUT2D eigenvalue weighted by molar-refractivity contribution is 5.10. The normalized spacial score (nSPS) is 12.4. The molecule has 0 aliphatic rings. The number of hydrogen-bond donors (Lipinski definition) is 0. The fourth-order valence-corrected chi connectivity index (χ4v) is 0.935. The molecule has 1 unspecified atom stereocenters. The molecule has 4 heteroatoms. The predicted octanol–water partition coefficient (Wildman–Crippen LogP) is 1.29. The first kappa shape index (κ1) is 8.64. The molecule has 0 amide bonds. The van der Waals surface area contributed by atoms with Crippen LogP contribution in [-0.4, -0.2) is 15.9 Å². The number of nitro groups is 1. The van der Waals surface area contributed by atoms with Crippen LogP contribution in [0.4, 0.5) is 0 Å². The van der Waals surface area contributed by atoms with E-state index in [0.29, 0.717) is 6.42 Å². The molecule has 4 nitrogen and oxygen atoms in total. The Morgan fingerprint density at radius 1 is 1.58 bits per heavy atom. The van der Waals surface area contributed by atoms with E-state index < -0.39 is 6.04 Å². The van der Waals surface area contributed by atoms with E-state index in [1.54, 1.807) is 31.5 Å². The molecule has 1 rings (SSSR count). The molecular formula is C8H10N2O2. The van der Waals surface area contributed by atoms with Crippen molar-refractivity contribution in [1.29, 1.82) is 0 Å². The second kappa shape index (κ2) is 3.80. The van der Waals surface area contributed by atoms with E-state index in [9.17, 15) is 10.1 Å². The highest BCUT2D eigenvalue weighted by Crippen LogP contribution is 2.02. The average molecular weight is 166 g/mol. The summed E-state index contributed by atoms with van der Waals surface area (Å²) in [6, 6.07) is 3.06. The van der Waals surface area contributed by atoms with Gasteiger partial charge in [0, 0.05) is 30.7 Å². The van der Waals surface area contributed by atoms with E-state index in [2.05, 4.69) is 4.98 Å². The van der Waals surface area contributed by atoms with Crippen LogP contribution in [0.1, 0.15) is 12.5 Å². The van der Waals surface area contributed by atoms with Crippen LogP contribution in [0.15, 0.2) is 24.5 Å². The lowest BCUT2D eigenvalue weighted by atomic mass is 10.1. The quantitative estimate of drug-likeness (QED) is 0.502. The first-order valence-electron chi connectivity index (χ1n) is 3.72. The van der Waals surface area contributed by atoms with Gasteiger partial charge in [-0.25, -0.2) is 0 Å². The van der Waals surface area contributed by atoms with Gasteiger partial charge in [-0.2, -0.15) is 0 Å². The molecule has 0 aliphatic carbocycles. The smallest absolute Gasteiger partial charge is 0.214 e. The third-order valence-electron chi connectivity index (χ3n) is 1.64. The van der Waals surface area contributed by atoms with Crippen LogP contribution < -0.4 is 0 Å². The summed E-state index contributed by atoms with van der Waals surface area (Å²) in [5, 5.41) is 10.3. The van der Waals surface area contributed by atoms with Gasteiger partial charge in [0.2, 0.25) is 6.04 Å². The molecule has 0 saturated carbocycles. The standard InChI is InChI=1S/C8H10N2O2/c1-7(10(11)12)6-8-2-4-9-5-3-8/h2-5,7H,6H2,1H3. The molecule has 0 saturated heterocycles. The van der Waals surface area contributed by atoms with Crippen LogP contribution in [0.5, 0.6) is 0 Å². The van der Waals surface area contributed by atoms with Crippen LogP contribution >= 0.6 is 0 Å². The maximum absolute atomic E-state index is 10.3. The molecule has 0 radical (unpaired) electrons. The number of nitrogens with zero attached hydrogens (tertiary/aromatic N) is 2. The van der Waals surface area contributed by atoms with Crippen molar-refractivity contribution in [2.45, 2.75) is 19.4 Å². The van der Waals surface area contributed by atoms with Gasteiger partial charge in [-0.1, -0.05) is 0 Å². The SMILES string of the molecule is CC(Cc1ccncc1)[N+](=O)[O-]. The number of pyridine rings is 1. The van der Waals surface area contributed by atoms with Crippen LogP contribution in [0.25, 0.3) is 0 Å². The van der Waals surface area contributed by atoms with Gasteiger partial charge in [-0.3, -0.25) is 15.1 Å². The average Bonchev–Trinajstić information content (AvgIpc) is 2.06. The van der Waals surface area contributed by atoms with Crippen LogP contribution in [0.3, 0.4) is 0 Å². The van der Waals surface area contributed by atoms with Crippen LogP contribution in [0.2, 0.25) is 0 Å². The number of rotatable bonds is 3. The summed E-state index contributed by atoms with van der Waals surface area (Å²) in [6.45, 7) is 1.60. The third-order valence-corrected chi connectivity index (χ3v) is 1.64. The van der Waals surface area contributed by atoms with E-state index in [-0.39, 0.29) is 4.92 Å². The molecule has 0 aliphatic heterocycles. The van der Waals surface area contributed by atoms with Crippen molar-refractivity contribution < 1.29 is 4.92 Å².